The van der Waals surface area contributed by atoms with Crippen molar-refractivity contribution in [1.82, 2.24) is 5.32 Å². The summed E-state index contributed by atoms with van der Waals surface area (Å²) in [7, 11) is 3.21. The van der Waals surface area contributed by atoms with Gasteiger partial charge in [0.1, 0.15) is 0 Å². The predicted molar refractivity (Wildman–Crippen MR) is 87.4 cm³/mol. The van der Waals surface area contributed by atoms with Gasteiger partial charge in [-0.1, -0.05) is 28.1 Å². The molecule has 1 N–H and O–H groups in total. The number of fused-ring (bicyclic) bond motifs is 1. The van der Waals surface area contributed by atoms with Gasteiger partial charge >= 0.3 is 0 Å². The fraction of sp³-hybridized carbons (Fsp3) is 0.235. The highest BCUT2D eigenvalue weighted by atomic mass is 79.9. The van der Waals surface area contributed by atoms with E-state index in [1.165, 1.54) is 0 Å². The van der Waals surface area contributed by atoms with Gasteiger partial charge in [-0.05, 0) is 41.0 Å². The van der Waals surface area contributed by atoms with Gasteiger partial charge in [0.25, 0.3) is 0 Å². The van der Waals surface area contributed by atoms with Crippen molar-refractivity contribution in [1.29, 1.82) is 0 Å². The summed E-state index contributed by atoms with van der Waals surface area (Å²) in [5.74, 6) is 1.31. The number of methoxy groups -OCH3 is 2. The van der Waals surface area contributed by atoms with E-state index < -0.39 is 0 Å². The van der Waals surface area contributed by atoms with Crippen molar-refractivity contribution in [2.45, 2.75) is 12.5 Å². The van der Waals surface area contributed by atoms with Crippen molar-refractivity contribution in [2.75, 3.05) is 14.2 Å². The maximum atomic E-state index is 12.1. The SMILES string of the molecule is COc1cc2c(cc1OC)[C@@H](c1cccc(Br)c1)NC(=O)C2. The van der Waals surface area contributed by atoms with Gasteiger partial charge in [-0.3, -0.25) is 4.79 Å². The molecule has 0 saturated heterocycles. The molecule has 0 spiro atoms. The fourth-order valence-electron chi connectivity index (χ4n) is 2.77. The maximum absolute atomic E-state index is 12.1. The zero-order chi connectivity index (χ0) is 15.7. The second-order valence-corrected chi connectivity index (χ2v) is 6.05. The Morgan fingerprint density at radius 2 is 1.86 bits per heavy atom. The van der Waals surface area contributed by atoms with Crippen LogP contribution >= 0.6 is 15.9 Å². The Morgan fingerprint density at radius 3 is 2.55 bits per heavy atom. The lowest BCUT2D eigenvalue weighted by Crippen LogP contribution is -2.35. The second-order valence-electron chi connectivity index (χ2n) is 5.14. The van der Waals surface area contributed by atoms with Gasteiger partial charge in [0, 0.05) is 4.47 Å². The summed E-state index contributed by atoms with van der Waals surface area (Å²) in [5, 5.41) is 3.05. The summed E-state index contributed by atoms with van der Waals surface area (Å²) in [4.78, 5) is 12.1. The van der Waals surface area contributed by atoms with Gasteiger partial charge in [0.05, 0.1) is 26.7 Å². The minimum absolute atomic E-state index is 0.00435. The first-order chi connectivity index (χ1) is 10.6. The molecule has 0 unspecified atom stereocenters. The molecule has 0 bridgehead atoms. The van der Waals surface area contributed by atoms with E-state index >= 15 is 0 Å². The van der Waals surface area contributed by atoms with Crippen LogP contribution in [0.4, 0.5) is 0 Å². The molecule has 1 aliphatic heterocycles. The Balaban J connectivity index is 2.14. The second kappa shape index (κ2) is 6.01. The lowest BCUT2D eigenvalue weighted by Gasteiger charge is -2.28. The summed E-state index contributed by atoms with van der Waals surface area (Å²) in [6.45, 7) is 0. The van der Waals surface area contributed by atoms with Crippen LogP contribution in [0.3, 0.4) is 0 Å². The van der Waals surface area contributed by atoms with Crippen molar-refractivity contribution in [2.24, 2.45) is 0 Å². The number of hydrogen-bond donors (Lipinski definition) is 1. The third-order valence-corrected chi connectivity index (χ3v) is 4.29. The highest BCUT2D eigenvalue weighted by Gasteiger charge is 2.27. The Labute approximate surface area is 137 Å². The molecule has 0 aromatic heterocycles. The van der Waals surface area contributed by atoms with Crippen LogP contribution in [0, 0.1) is 0 Å². The topological polar surface area (TPSA) is 47.6 Å². The molecule has 1 aliphatic rings. The zero-order valence-corrected chi connectivity index (χ0v) is 13.9. The molecule has 0 fully saturated rings. The van der Waals surface area contributed by atoms with Gasteiger partial charge in [0.2, 0.25) is 5.91 Å². The molecule has 3 rings (SSSR count). The van der Waals surface area contributed by atoms with E-state index in [-0.39, 0.29) is 11.9 Å². The summed E-state index contributed by atoms with van der Waals surface area (Å²) in [6, 6.07) is 11.6. The minimum atomic E-state index is -0.187. The fourth-order valence-corrected chi connectivity index (χ4v) is 3.19. The largest absolute Gasteiger partial charge is 0.493 e. The van der Waals surface area contributed by atoms with E-state index in [9.17, 15) is 4.79 Å². The van der Waals surface area contributed by atoms with E-state index in [4.69, 9.17) is 9.47 Å². The van der Waals surface area contributed by atoms with Crippen molar-refractivity contribution in [3.05, 3.63) is 57.6 Å². The normalized spacial score (nSPS) is 16.7. The highest BCUT2D eigenvalue weighted by Crippen LogP contribution is 2.37. The molecule has 0 saturated carbocycles. The molecular weight excluding hydrogens is 346 g/mol. The number of halogens is 1. The van der Waals surface area contributed by atoms with Gasteiger partial charge in [-0.15, -0.1) is 0 Å². The maximum Gasteiger partial charge on any atom is 0.225 e. The van der Waals surface area contributed by atoms with Crippen LogP contribution in [0.25, 0.3) is 0 Å². The molecule has 1 atom stereocenters. The van der Waals surface area contributed by atoms with Gasteiger partial charge in [-0.25, -0.2) is 0 Å². The molecule has 2 aromatic rings. The molecule has 1 amide bonds. The third kappa shape index (κ3) is 2.68. The average Bonchev–Trinajstić information content (AvgIpc) is 2.52. The molecule has 4 nitrogen and oxygen atoms in total. The monoisotopic (exact) mass is 361 g/mol. The van der Waals surface area contributed by atoms with Gasteiger partial charge in [0.15, 0.2) is 11.5 Å². The highest BCUT2D eigenvalue weighted by molar-refractivity contribution is 9.10. The Kier molecular flexibility index (Phi) is 4.07. The molecule has 5 heteroatoms. The van der Waals surface area contributed by atoms with Crippen LogP contribution in [-0.2, 0) is 11.2 Å². The molecule has 22 heavy (non-hydrogen) atoms. The van der Waals surface area contributed by atoms with Crippen LogP contribution in [0.5, 0.6) is 11.5 Å². The smallest absolute Gasteiger partial charge is 0.225 e. The number of ether oxygens (including phenoxy) is 2. The molecule has 0 aliphatic carbocycles. The van der Waals surface area contributed by atoms with Crippen molar-refractivity contribution in [3.8, 4) is 11.5 Å². The number of benzene rings is 2. The molecular formula is C17H16BrNO3. The first-order valence-electron chi connectivity index (χ1n) is 6.92. The first-order valence-corrected chi connectivity index (χ1v) is 7.71. The summed E-state index contributed by atoms with van der Waals surface area (Å²) in [6.07, 6.45) is 0.347. The summed E-state index contributed by atoms with van der Waals surface area (Å²) in [5.41, 5.74) is 3.03. The summed E-state index contributed by atoms with van der Waals surface area (Å²) >= 11 is 3.48. The number of rotatable bonds is 3. The number of carbonyl (C=O) groups is 1. The Bertz CT molecular complexity index is 730. The average molecular weight is 362 g/mol. The third-order valence-electron chi connectivity index (χ3n) is 3.79. The van der Waals surface area contributed by atoms with E-state index in [0.717, 1.165) is 21.2 Å². The van der Waals surface area contributed by atoms with E-state index in [0.29, 0.717) is 17.9 Å². The zero-order valence-electron chi connectivity index (χ0n) is 12.4. The molecule has 2 aromatic carbocycles. The van der Waals surface area contributed by atoms with E-state index in [1.807, 2.05) is 36.4 Å². The Morgan fingerprint density at radius 1 is 1.14 bits per heavy atom. The lowest BCUT2D eigenvalue weighted by atomic mass is 9.89. The number of hydrogen-bond acceptors (Lipinski definition) is 3. The standard InChI is InChI=1S/C17H16BrNO3/c1-21-14-7-11-8-16(20)19-17(13(11)9-15(14)22-2)10-4-3-5-12(18)6-10/h3-7,9,17H,8H2,1-2H3,(H,19,20)/t17-/m1/s1. The van der Waals surface area contributed by atoms with Crippen LogP contribution < -0.4 is 14.8 Å². The quantitative estimate of drug-likeness (QED) is 0.912. The van der Waals surface area contributed by atoms with Gasteiger partial charge < -0.3 is 14.8 Å². The van der Waals surface area contributed by atoms with Crippen LogP contribution in [0.2, 0.25) is 0 Å². The number of amides is 1. The van der Waals surface area contributed by atoms with E-state index in [2.05, 4.69) is 21.2 Å². The lowest BCUT2D eigenvalue weighted by molar-refractivity contribution is -0.121. The van der Waals surface area contributed by atoms with E-state index in [1.54, 1.807) is 14.2 Å². The molecule has 1 heterocycles. The molecule has 0 radical (unpaired) electrons. The summed E-state index contributed by atoms with van der Waals surface area (Å²) < 4.78 is 11.7. The number of carbonyl (C=O) groups excluding carboxylic acids is 1. The molecule has 114 valence electrons. The van der Waals surface area contributed by atoms with Crippen molar-refractivity contribution < 1.29 is 14.3 Å². The predicted octanol–water partition coefficient (Wildman–Crippen LogP) is 3.23. The van der Waals surface area contributed by atoms with Gasteiger partial charge in [-0.2, -0.15) is 0 Å². The van der Waals surface area contributed by atoms with Crippen LogP contribution in [0.15, 0.2) is 40.9 Å². The van der Waals surface area contributed by atoms with Crippen LogP contribution in [0.1, 0.15) is 22.7 Å². The minimum Gasteiger partial charge on any atom is -0.493 e. The number of nitrogens with one attached hydrogen (secondary N) is 1. The van der Waals surface area contributed by atoms with Crippen molar-refractivity contribution in [3.63, 3.8) is 0 Å². The van der Waals surface area contributed by atoms with Crippen LogP contribution in [-0.4, -0.2) is 20.1 Å². The Hall–Kier alpha value is -2.01. The first kappa shape index (κ1) is 14.9. The van der Waals surface area contributed by atoms with Crippen molar-refractivity contribution >= 4 is 21.8 Å².